The van der Waals surface area contributed by atoms with Crippen LogP contribution >= 0.6 is 51.1 Å². The Morgan fingerprint density at radius 2 is 2.00 bits per heavy atom. The summed E-state index contributed by atoms with van der Waals surface area (Å²) in [5, 5.41) is 12.7. The van der Waals surface area contributed by atoms with E-state index in [1.165, 1.54) is 11.3 Å². The lowest BCUT2D eigenvalue weighted by atomic mass is 10.1. The first kappa shape index (κ1) is 24.2. The predicted molar refractivity (Wildman–Crippen MR) is 142 cm³/mol. The van der Waals surface area contributed by atoms with Crippen LogP contribution in [0.4, 0.5) is 10.8 Å². The fourth-order valence-electron chi connectivity index (χ4n) is 3.83. The van der Waals surface area contributed by atoms with E-state index in [1.807, 2.05) is 42.1 Å². The van der Waals surface area contributed by atoms with Crippen molar-refractivity contribution in [2.45, 2.75) is 45.6 Å². The molecule has 1 aliphatic carbocycles. The third-order valence-electron chi connectivity index (χ3n) is 5.33. The number of aryl methyl sites for hydroxylation is 1. The number of nitrogens with zero attached hydrogens (tertiary/aromatic N) is 2. The highest BCUT2D eigenvalue weighted by Gasteiger charge is 2.26. The Hall–Kier alpha value is -1.94. The Morgan fingerprint density at radius 1 is 1.24 bits per heavy atom. The topological polar surface area (TPSA) is 68.2 Å². The maximum atomic E-state index is 12.8. The van der Waals surface area contributed by atoms with E-state index in [0.29, 0.717) is 34.7 Å². The molecule has 0 unspecified atom stereocenters. The number of fused-ring (bicyclic) bond motifs is 1. The van der Waals surface area contributed by atoms with Gasteiger partial charge in [-0.2, -0.15) is 5.10 Å². The van der Waals surface area contributed by atoms with Crippen molar-refractivity contribution in [3.8, 4) is 0 Å². The van der Waals surface area contributed by atoms with Crippen LogP contribution in [0.3, 0.4) is 0 Å². The molecule has 2 heterocycles. The number of halogens is 2. The Balaban J connectivity index is 1.49. The largest absolute Gasteiger partial charge is 0.462 e. The molecular weight excluding hydrogens is 544 g/mol. The minimum atomic E-state index is -0.296. The van der Waals surface area contributed by atoms with Crippen molar-refractivity contribution in [2.75, 3.05) is 17.2 Å². The molecule has 0 saturated heterocycles. The van der Waals surface area contributed by atoms with Gasteiger partial charge in [0.05, 0.1) is 23.2 Å². The number of esters is 1. The third kappa shape index (κ3) is 5.95. The van der Waals surface area contributed by atoms with Crippen molar-refractivity contribution >= 4 is 73.0 Å². The van der Waals surface area contributed by atoms with Gasteiger partial charge < -0.3 is 15.4 Å². The summed E-state index contributed by atoms with van der Waals surface area (Å²) >= 11 is 16.7. The molecule has 3 aromatic rings. The number of carbonyl (C=O) groups excluding carboxylic acids is 1. The van der Waals surface area contributed by atoms with Gasteiger partial charge >= 0.3 is 5.97 Å². The number of ether oxygens (including phenoxy) is 1. The molecule has 2 aromatic heterocycles. The maximum absolute atomic E-state index is 12.8. The van der Waals surface area contributed by atoms with Crippen LogP contribution in [0.2, 0.25) is 5.02 Å². The maximum Gasteiger partial charge on any atom is 0.341 e. The normalized spacial score (nSPS) is 13.2. The number of thiocarbonyl (C=S) groups is 1. The van der Waals surface area contributed by atoms with E-state index in [1.54, 1.807) is 11.3 Å². The van der Waals surface area contributed by atoms with Gasteiger partial charge in [-0.25, -0.2) is 4.79 Å². The second kappa shape index (κ2) is 11.0. The first-order chi connectivity index (χ1) is 15.9. The molecule has 0 aliphatic heterocycles. The molecule has 0 bridgehead atoms. The lowest BCUT2D eigenvalue weighted by Crippen LogP contribution is -2.21. The van der Waals surface area contributed by atoms with Gasteiger partial charge in [-0.15, -0.1) is 11.3 Å². The van der Waals surface area contributed by atoms with Gasteiger partial charge in [0, 0.05) is 16.1 Å². The molecule has 2 N–H and O–H groups in total. The van der Waals surface area contributed by atoms with Crippen LogP contribution in [0.15, 0.2) is 34.9 Å². The molecule has 0 atom stereocenters. The van der Waals surface area contributed by atoms with E-state index in [0.717, 1.165) is 46.3 Å². The van der Waals surface area contributed by atoms with E-state index in [2.05, 4.69) is 31.7 Å². The van der Waals surface area contributed by atoms with Gasteiger partial charge in [0.15, 0.2) is 10.9 Å². The summed E-state index contributed by atoms with van der Waals surface area (Å²) in [5.74, 6) is 0.299. The fourth-order valence-corrected chi connectivity index (χ4v) is 5.92. The smallest absolute Gasteiger partial charge is 0.341 e. The third-order valence-corrected chi connectivity index (χ3v) is 7.58. The van der Waals surface area contributed by atoms with E-state index in [9.17, 15) is 4.79 Å². The second-order valence-corrected chi connectivity index (χ2v) is 10.5. The van der Waals surface area contributed by atoms with E-state index >= 15 is 0 Å². The Morgan fingerprint density at radius 3 is 2.76 bits per heavy atom. The minimum Gasteiger partial charge on any atom is -0.462 e. The van der Waals surface area contributed by atoms with Crippen molar-refractivity contribution in [1.29, 1.82) is 0 Å². The van der Waals surface area contributed by atoms with Crippen LogP contribution in [-0.2, 0) is 24.1 Å². The zero-order valence-corrected chi connectivity index (χ0v) is 22.1. The van der Waals surface area contributed by atoms with Gasteiger partial charge in [0.2, 0.25) is 0 Å². The molecule has 1 aromatic carbocycles. The van der Waals surface area contributed by atoms with Crippen LogP contribution in [0.25, 0.3) is 0 Å². The SMILES string of the molecule is CCOC(=O)c1c(NC(=S)Nc2nn(Cc3ccc(Cl)cc3)cc2Br)sc2c1CCCCC2. The molecule has 33 heavy (non-hydrogen) atoms. The van der Waals surface area contributed by atoms with Crippen molar-refractivity contribution in [1.82, 2.24) is 9.78 Å². The van der Waals surface area contributed by atoms with Gasteiger partial charge in [-0.3, -0.25) is 4.68 Å². The van der Waals surface area contributed by atoms with Gasteiger partial charge in [-0.05, 0) is 84.0 Å². The quantitative estimate of drug-likeness (QED) is 0.197. The summed E-state index contributed by atoms with van der Waals surface area (Å²) in [6.45, 7) is 2.76. The molecule has 4 rings (SSSR count). The minimum absolute atomic E-state index is 0.296. The zero-order valence-electron chi connectivity index (χ0n) is 18.1. The highest BCUT2D eigenvalue weighted by molar-refractivity contribution is 9.10. The first-order valence-corrected chi connectivity index (χ1v) is 13.2. The number of rotatable bonds is 6. The van der Waals surface area contributed by atoms with E-state index in [-0.39, 0.29) is 5.97 Å². The molecule has 1 aliphatic rings. The van der Waals surface area contributed by atoms with Gasteiger partial charge in [0.25, 0.3) is 0 Å². The number of hydrogen-bond acceptors (Lipinski definition) is 5. The molecule has 0 amide bonds. The van der Waals surface area contributed by atoms with Crippen molar-refractivity contribution in [3.63, 3.8) is 0 Å². The number of anilines is 2. The summed E-state index contributed by atoms with van der Waals surface area (Å²) in [5.41, 5.74) is 2.81. The Bertz CT molecular complexity index is 1160. The van der Waals surface area contributed by atoms with Crippen LogP contribution in [-0.4, -0.2) is 27.5 Å². The molecule has 174 valence electrons. The van der Waals surface area contributed by atoms with Crippen LogP contribution in [0, 0.1) is 0 Å². The van der Waals surface area contributed by atoms with Crippen molar-refractivity contribution in [3.05, 3.63) is 61.5 Å². The van der Waals surface area contributed by atoms with Crippen LogP contribution in [0.1, 0.15) is 52.5 Å². The van der Waals surface area contributed by atoms with Crippen molar-refractivity contribution in [2.24, 2.45) is 0 Å². The van der Waals surface area contributed by atoms with Gasteiger partial charge in [0.1, 0.15) is 5.00 Å². The summed E-state index contributed by atoms with van der Waals surface area (Å²) in [6, 6.07) is 7.65. The monoisotopic (exact) mass is 566 g/mol. The highest BCUT2D eigenvalue weighted by atomic mass is 79.9. The number of nitrogens with one attached hydrogen (secondary N) is 2. The summed E-state index contributed by atoms with van der Waals surface area (Å²) in [4.78, 5) is 14.0. The number of carbonyl (C=O) groups is 1. The summed E-state index contributed by atoms with van der Waals surface area (Å²) in [7, 11) is 0. The van der Waals surface area contributed by atoms with Gasteiger partial charge in [-0.1, -0.05) is 30.2 Å². The zero-order chi connectivity index (χ0) is 23.4. The second-order valence-electron chi connectivity index (χ2n) is 7.72. The molecule has 6 nitrogen and oxygen atoms in total. The number of benzene rings is 1. The lowest BCUT2D eigenvalue weighted by molar-refractivity contribution is 0.0527. The lowest BCUT2D eigenvalue weighted by Gasteiger charge is -2.11. The average molecular weight is 568 g/mol. The van der Waals surface area contributed by atoms with Crippen molar-refractivity contribution < 1.29 is 9.53 Å². The fraction of sp³-hybridized carbons (Fsp3) is 0.348. The molecule has 10 heteroatoms. The average Bonchev–Trinajstić information content (AvgIpc) is 3.19. The Labute approximate surface area is 215 Å². The molecule has 0 spiro atoms. The molecular formula is C23H24BrClN4O2S2. The standard InChI is InChI=1S/C23H24BrClN4O2S2/c1-2-31-22(30)19-16-6-4-3-5-7-18(16)33-21(19)27-23(32)26-20-17(24)13-29(28-20)12-14-8-10-15(25)11-9-14/h8-11,13H,2-7,12H2,1H3,(H2,26,27,28,32). The Kier molecular flexibility index (Phi) is 8.06. The summed E-state index contributed by atoms with van der Waals surface area (Å²) in [6.07, 6.45) is 7.15. The molecule has 0 radical (unpaired) electrons. The predicted octanol–water partition coefficient (Wildman–Crippen LogP) is 6.66. The number of aromatic nitrogens is 2. The number of thiophene rings is 1. The molecule has 0 fully saturated rings. The number of hydrogen-bond donors (Lipinski definition) is 2. The van der Waals surface area contributed by atoms with Crippen LogP contribution < -0.4 is 10.6 Å². The van der Waals surface area contributed by atoms with E-state index in [4.69, 9.17) is 28.6 Å². The molecule has 0 saturated carbocycles. The van der Waals surface area contributed by atoms with Crippen LogP contribution in [0.5, 0.6) is 0 Å². The highest BCUT2D eigenvalue weighted by Crippen LogP contribution is 2.38. The summed E-state index contributed by atoms with van der Waals surface area (Å²) < 4.78 is 7.95. The first-order valence-electron chi connectivity index (χ1n) is 10.8. The van der Waals surface area contributed by atoms with E-state index < -0.39 is 0 Å².